The summed E-state index contributed by atoms with van der Waals surface area (Å²) in [6.45, 7) is 6.83. The first-order chi connectivity index (χ1) is 11.6. The van der Waals surface area contributed by atoms with Gasteiger partial charge in [-0.25, -0.2) is 13.1 Å². The summed E-state index contributed by atoms with van der Waals surface area (Å²) in [5.41, 5.74) is 2.42. The summed E-state index contributed by atoms with van der Waals surface area (Å²) < 4.78 is 29.3. The van der Waals surface area contributed by atoms with Gasteiger partial charge >= 0.3 is 0 Å². The van der Waals surface area contributed by atoms with Crippen molar-refractivity contribution in [1.29, 1.82) is 0 Å². The Kier molecular flexibility index (Phi) is 6.26. The predicted molar refractivity (Wildman–Crippen MR) is 100 cm³/mol. The number of hydrogen-bond donors (Lipinski definition) is 1. The van der Waals surface area contributed by atoms with Crippen LogP contribution in [-0.4, -0.2) is 36.2 Å². The van der Waals surface area contributed by atoms with Crippen molar-refractivity contribution in [3.05, 3.63) is 46.2 Å². The molecule has 0 aliphatic carbocycles. The van der Waals surface area contributed by atoms with Gasteiger partial charge in [0.2, 0.25) is 10.0 Å². The average Bonchev–Trinajstić information content (AvgIpc) is 2.79. The summed E-state index contributed by atoms with van der Waals surface area (Å²) in [5, 5.41) is 4.18. The molecule has 0 aliphatic rings. The Labute approximate surface area is 154 Å². The van der Waals surface area contributed by atoms with Gasteiger partial charge in [0, 0.05) is 26.2 Å². The van der Waals surface area contributed by atoms with Crippen LogP contribution in [-0.2, 0) is 30.2 Å². The molecular formula is C17H25ClN4O2S. The van der Waals surface area contributed by atoms with E-state index in [4.69, 9.17) is 11.6 Å². The Balaban J connectivity index is 2.21. The first kappa shape index (κ1) is 19.9. The Morgan fingerprint density at radius 2 is 1.88 bits per heavy atom. The van der Waals surface area contributed by atoms with Crippen molar-refractivity contribution in [2.75, 3.05) is 7.05 Å². The molecule has 0 radical (unpaired) electrons. The van der Waals surface area contributed by atoms with Crippen molar-refractivity contribution in [2.45, 2.75) is 44.8 Å². The van der Waals surface area contributed by atoms with Gasteiger partial charge in [-0.05, 0) is 38.9 Å². The summed E-state index contributed by atoms with van der Waals surface area (Å²) in [6, 6.07) is 8.23. The summed E-state index contributed by atoms with van der Waals surface area (Å²) in [7, 11) is -0.0769. The van der Waals surface area contributed by atoms with E-state index in [0.29, 0.717) is 11.7 Å². The van der Waals surface area contributed by atoms with Crippen molar-refractivity contribution in [3.8, 4) is 0 Å². The van der Waals surface area contributed by atoms with Gasteiger partial charge in [-0.3, -0.25) is 9.58 Å². The maximum atomic E-state index is 12.6. The number of hydrogen-bond acceptors (Lipinski definition) is 4. The SMILES string of the molecule is Cc1nn(C)c(Cl)c1S(=O)(=O)NCc1ccccc1CN(C)C(C)C. The van der Waals surface area contributed by atoms with Crippen LogP contribution in [0, 0.1) is 6.92 Å². The summed E-state index contributed by atoms with van der Waals surface area (Å²) in [6.07, 6.45) is 0. The van der Waals surface area contributed by atoms with E-state index in [1.54, 1.807) is 14.0 Å². The van der Waals surface area contributed by atoms with Crippen LogP contribution in [0.25, 0.3) is 0 Å². The van der Waals surface area contributed by atoms with Gasteiger partial charge in [0.15, 0.2) is 0 Å². The van der Waals surface area contributed by atoms with E-state index in [9.17, 15) is 8.42 Å². The monoisotopic (exact) mass is 384 g/mol. The third-order valence-electron chi connectivity index (χ3n) is 4.24. The maximum Gasteiger partial charge on any atom is 0.245 e. The highest BCUT2D eigenvalue weighted by Crippen LogP contribution is 2.24. The molecule has 1 aromatic carbocycles. The standard InChI is InChI=1S/C17H25ClN4O2S/c1-12(2)21(4)11-15-9-7-6-8-14(15)10-19-25(23,24)16-13(3)20-22(5)17(16)18/h6-9,12,19H,10-11H2,1-5H3. The fourth-order valence-corrected chi connectivity index (χ4v) is 4.25. The van der Waals surface area contributed by atoms with Crippen LogP contribution in [0.1, 0.15) is 30.7 Å². The van der Waals surface area contributed by atoms with Crippen LogP contribution in [0.5, 0.6) is 0 Å². The molecule has 138 valence electrons. The molecule has 0 aliphatic heterocycles. The van der Waals surface area contributed by atoms with Gasteiger partial charge in [0.1, 0.15) is 10.0 Å². The molecule has 6 nitrogen and oxygen atoms in total. The van der Waals surface area contributed by atoms with Gasteiger partial charge in [0.05, 0.1) is 5.69 Å². The highest BCUT2D eigenvalue weighted by atomic mass is 35.5. The Morgan fingerprint density at radius 1 is 1.28 bits per heavy atom. The topological polar surface area (TPSA) is 67.2 Å². The Bertz CT molecular complexity index is 846. The van der Waals surface area contributed by atoms with E-state index in [0.717, 1.165) is 17.7 Å². The van der Waals surface area contributed by atoms with Crippen molar-refractivity contribution in [2.24, 2.45) is 7.05 Å². The maximum absolute atomic E-state index is 12.6. The van der Waals surface area contributed by atoms with Crippen LogP contribution >= 0.6 is 11.6 Å². The Morgan fingerprint density at radius 3 is 2.40 bits per heavy atom. The van der Waals surface area contributed by atoms with E-state index in [1.807, 2.05) is 31.3 Å². The molecule has 8 heteroatoms. The highest BCUT2D eigenvalue weighted by molar-refractivity contribution is 7.89. The fraction of sp³-hybridized carbons (Fsp3) is 0.471. The number of sulfonamides is 1. The van der Waals surface area contributed by atoms with E-state index in [1.165, 1.54) is 4.68 Å². The van der Waals surface area contributed by atoms with Gasteiger partial charge in [-0.2, -0.15) is 5.10 Å². The lowest BCUT2D eigenvalue weighted by atomic mass is 10.1. The smallest absolute Gasteiger partial charge is 0.245 e. The molecule has 1 N–H and O–H groups in total. The molecule has 0 fully saturated rings. The van der Waals surface area contributed by atoms with Gasteiger partial charge < -0.3 is 0 Å². The molecule has 0 amide bonds. The number of benzene rings is 1. The molecule has 0 atom stereocenters. The zero-order chi connectivity index (χ0) is 18.8. The van der Waals surface area contributed by atoms with Crippen molar-refractivity contribution in [3.63, 3.8) is 0 Å². The molecule has 1 heterocycles. The number of nitrogens with one attached hydrogen (secondary N) is 1. The molecular weight excluding hydrogens is 360 g/mol. The number of nitrogens with zero attached hydrogens (tertiary/aromatic N) is 3. The molecule has 2 rings (SSSR count). The second-order valence-corrected chi connectivity index (χ2v) is 8.49. The van der Waals surface area contributed by atoms with Crippen LogP contribution in [0.2, 0.25) is 5.15 Å². The molecule has 0 saturated heterocycles. The quantitative estimate of drug-likeness (QED) is 0.796. The first-order valence-electron chi connectivity index (χ1n) is 8.09. The lowest BCUT2D eigenvalue weighted by molar-refractivity contribution is 0.265. The van der Waals surface area contributed by atoms with E-state index >= 15 is 0 Å². The molecule has 2 aromatic rings. The van der Waals surface area contributed by atoms with Crippen molar-refractivity contribution < 1.29 is 8.42 Å². The van der Waals surface area contributed by atoms with Crippen LogP contribution in [0.3, 0.4) is 0 Å². The number of aromatic nitrogens is 2. The van der Waals surface area contributed by atoms with Crippen LogP contribution in [0.15, 0.2) is 29.2 Å². The highest BCUT2D eigenvalue weighted by Gasteiger charge is 2.25. The van der Waals surface area contributed by atoms with Crippen molar-refractivity contribution >= 4 is 21.6 Å². The third kappa shape index (κ3) is 4.61. The zero-order valence-electron chi connectivity index (χ0n) is 15.2. The van der Waals surface area contributed by atoms with Crippen LogP contribution < -0.4 is 4.72 Å². The normalized spacial score (nSPS) is 12.3. The minimum Gasteiger partial charge on any atom is -0.300 e. The molecule has 0 unspecified atom stereocenters. The van der Waals surface area contributed by atoms with Crippen molar-refractivity contribution in [1.82, 2.24) is 19.4 Å². The van der Waals surface area contributed by atoms with E-state index in [2.05, 4.69) is 28.6 Å². The summed E-state index contributed by atoms with van der Waals surface area (Å²) in [4.78, 5) is 2.24. The largest absolute Gasteiger partial charge is 0.300 e. The van der Waals surface area contributed by atoms with Gasteiger partial charge in [-0.15, -0.1) is 0 Å². The number of aryl methyl sites for hydroxylation is 2. The lowest BCUT2D eigenvalue weighted by Gasteiger charge is -2.22. The molecule has 25 heavy (non-hydrogen) atoms. The predicted octanol–water partition coefficient (Wildman–Crippen LogP) is 2.70. The zero-order valence-corrected chi connectivity index (χ0v) is 16.8. The minimum atomic E-state index is -3.74. The molecule has 0 spiro atoms. The Hall–Kier alpha value is -1.41. The molecule has 1 aromatic heterocycles. The van der Waals surface area contributed by atoms with E-state index in [-0.39, 0.29) is 16.6 Å². The second kappa shape index (κ2) is 7.86. The lowest BCUT2D eigenvalue weighted by Crippen LogP contribution is -2.28. The molecule has 0 bridgehead atoms. The third-order valence-corrected chi connectivity index (χ3v) is 6.34. The average molecular weight is 385 g/mol. The molecule has 0 saturated carbocycles. The summed E-state index contributed by atoms with van der Waals surface area (Å²) >= 11 is 6.09. The fourth-order valence-electron chi connectivity index (χ4n) is 2.50. The minimum absolute atomic E-state index is 0.0356. The van der Waals surface area contributed by atoms with Gasteiger partial charge in [0.25, 0.3) is 0 Å². The number of rotatable bonds is 7. The number of halogens is 1. The van der Waals surface area contributed by atoms with E-state index < -0.39 is 10.0 Å². The second-order valence-electron chi connectivity index (χ2n) is 6.43. The van der Waals surface area contributed by atoms with Gasteiger partial charge in [-0.1, -0.05) is 35.9 Å². The first-order valence-corrected chi connectivity index (χ1v) is 9.95. The summed E-state index contributed by atoms with van der Waals surface area (Å²) in [5.74, 6) is 0. The van der Waals surface area contributed by atoms with Crippen LogP contribution in [0.4, 0.5) is 0 Å².